The molecule has 0 amide bonds. The van der Waals surface area contributed by atoms with E-state index in [9.17, 15) is 4.79 Å². The van der Waals surface area contributed by atoms with Gasteiger partial charge in [0.1, 0.15) is 11.4 Å². The number of H-pyrrole nitrogens is 1. The predicted octanol–water partition coefficient (Wildman–Crippen LogP) is 5.49. The van der Waals surface area contributed by atoms with E-state index >= 15 is 0 Å². The molecule has 0 bridgehead atoms. The summed E-state index contributed by atoms with van der Waals surface area (Å²) in [4.78, 5) is 16.6. The molecule has 0 saturated heterocycles. The normalized spacial score (nSPS) is 24.6. The van der Waals surface area contributed by atoms with Crippen molar-refractivity contribution in [3.05, 3.63) is 57.9 Å². The van der Waals surface area contributed by atoms with Gasteiger partial charge in [0.25, 0.3) is 5.56 Å². The molecule has 1 N–H and O–H groups in total. The van der Waals surface area contributed by atoms with Gasteiger partial charge in [-0.2, -0.15) is 0 Å². The molecule has 0 spiro atoms. The van der Waals surface area contributed by atoms with Crippen molar-refractivity contribution in [2.24, 2.45) is 17.8 Å². The first-order valence-corrected chi connectivity index (χ1v) is 11.9. The molecule has 6 heteroatoms. The summed E-state index contributed by atoms with van der Waals surface area (Å²) in [7, 11) is 4.88. The van der Waals surface area contributed by atoms with E-state index in [2.05, 4.69) is 32.7 Å². The summed E-state index contributed by atoms with van der Waals surface area (Å²) in [5, 5.41) is 0.945. The first-order chi connectivity index (χ1) is 16.2. The molecule has 2 heterocycles. The third-order valence-corrected chi connectivity index (χ3v) is 7.86. The van der Waals surface area contributed by atoms with Crippen LogP contribution < -0.4 is 24.5 Å². The van der Waals surface area contributed by atoms with Gasteiger partial charge in [0.05, 0.1) is 32.4 Å². The predicted molar refractivity (Wildman–Crippen MR) is 133 cm³/mol. The summed E-state index contributed by atoms with van der Waals surface area (Å²) >= 11 is 0. The quantitative estimate of drug-likeness (QED) is 0.542. The molecule has 1 aromatic heterocycles. The van der Waals surface area contributed by atoms with Crippen LogP contribution in [0.1, 0.15) is 50.7 Å². The van der Waals surface area contributed by atoms with Crippen LogP contribution in [0.4, 0.5) is 0 Å². The summed E-state index contributed by atoms with van der Waals surface area (Å²) in [5.41, 5.74) is 2.15. The minimum absolute atomic E-state index is 0.0160. The van der Waals surface area contributed by atoms with Crippen molar-refractivity contribution in [1.29, 1.82) is 0 Å². The Morgan fingerprint density at radius 1 is 0.971 bits per heavy atom. The smallest absolute Gasteiger partial charge is 0.255 e. The topological polar surface area (TPSA) is 69.8 Å². The zero-order valence-corrected chi connectivity index (χ0v) is 20.9. The lowest BCUT2D eigenvalue weighted by molar-refractivity contribution is -0.104. The van der Waals surface area contributed by atoms with Gasteiger partial charge in [-0.1, -0.05) is 26.0 Å². The van der Waals surface area contributed by atoms with E-state index in [4.69, 9.17) is 18.9 Å². The first-order valence-electron chi connectivity index (χ1n) is 11.9. The van der Waals surface area contributed by atoms with Crippen LogP contribution in [-0.2, 0) is 0 Å². The lowest BCUT2D eigenvalue weighted by Crippen LogP contribution is -2.60. The molecule has 34 heavy (non-hydrogen) atoms. The van der Waals surface area contributed by atoms with Crippen molar-refractivity contribution >= 4 is 10.9 Å². The molecule has 1 aliphatic heterocycles. The third-order valence-electron chi connectivity index (χ3n) is 7.86. The first kappa shape index (κ1) is 22.6. The molecule has 2 aliphatic rings. The number of hydrogen-bond acceptors (Lipinski definition) is 5. The molecule has 0 radical (unpaired) electrons. The van der Waals surface area contributed by atoms with Crippen LogP contribution in [0.3, 0.4) is 0 Å². The molecular weight excluding hydrogens is 430 g/mol. The maximum absolute atomic E-state index is 13.5. The SMILES string of the molecule is COc1cc([C@H]2[C@H]3c4c(c5ccccc5[nH]c4=O)OC(C)(C)[C@H]3[C@@H]2C(C)C)cc(OC)c1OC. The summed E-state index contributed by atoms with van der Waals surface area (Å²) in [6, 6.07) is 11.9. The summed E-state index contributed by atoms with van der Waals surface area (Å²) in [5.74, 6) is 3.59. The van der Waals surface area contributed by atoms with Gasteiger partial charge in [-0.3, -0.25) is 4.79 Å². The van der Waals surface area contributed by atoms with E-state index in [0.717, 1.165) is 22.0 Å². The van der Waals surface area contributed by atoms with Crippen molar-refractivity contribution in [1.82, 2.24) is 4.98 Å². The molecule has 3 aromatic rings. The standard InChI is InChI=1S/C28H33NO5/c1-14(2)20-21(15-12-18(31-5)26(33-7)19(13-15)32-6)22-23-25(34-28(3,4)24(20)22)16-10-8-9-11-17(16)29-27(23)30/h8-14,20-22,24H,1-7H3,(H,29,30)/t20-,21-,22+,24+/m1/s1. The van der Waals surface area contributed by atoms with Crippen LogP contribution in [-0.4, -0.2) is 31.9 Å². The van der Waals surface area contributed by atoms with Crippen LogP contribution in [0.2, 0.25) is 0 Å². The number of methoxy groups -OCH3 is 3. The Hall–Kier alpha value is -3.15. The maximum atomic E-state index is 13.5. The Morgan fingerprint density at radius 3 is 2.21 bits per heavy atom. The minimum Gasteiger partial charge on any atom is -0.493 e. The molecule has 1 fully saturated rings. The summed E-state index contributed by atoms with van der Waals surface area (Å²) in [6.45, 7) is 8.82. The van der Waals surface area contributed by atoms with Crippen LogP contribution in [0, 0.1) is 17.8 Å². The van der Waals surface area contributed by atoms with Gasteiger partial charge in [0, 0.05) is 17.2 Å². The number of hydrogen-bond donors (Lipinski definition) is 1. The number of aromatic nitrogens is 1. The van der Waals surface area contributed by atoms with Gasteiger partial charge in [0.15, 0.2) is 11.5 Å². The highest BCUT2D eigenvalue weighted by Gasteiger charge is 2.62. The monoisotopic (exact) mass is 463 g/mol. The number of ether oxygens (including phenoxy) is 4. The third kappa shape index (κ3) is 3.11. The molecule has 1 aliphatic carbocycles. The zero-order valence-electron chi connectivity index (χ0n) is 20.9. The Bertz CT molecular complexity index is 1280. The largest absolute Gasteiger partial charge is 0.493 e. The number of para-hydroxylation sites is 1. The Morgan fingerprint density at radius 2 is 1.62 bits per heavy atom. The number of benzene rings is 2. The molecule has 6 nitrogen and oxygen atoms in total. The fraction of sp³-hybridized carbons (Fsp3) is 0.464. The van der Waals surface area contributed by atoms with E-state index in [1.165, 1.54) is 0 Å². The Labute approximate surface area is 200 Å². The highest BCUT2D eigenvalue weighted by molar-refractivity contribution is 5.87. The van der Waals surface area contributed by atoms with Crippen molar-refractivity contribution in [2.75, 3.05) is 21.3 Å². The Kier molecular flexibility index (Phi) is 5.30. The molecule has 180 valence electrons. The highest BCUT2D eigenvalue weighted by atomic mass is 16.5. The van der Waals surface area contributed by atoms with Crippen molar-refractivity contribution in [2.45, 2.75) is 45.1 Å². The number of nitrogens with one attached hydrogen (secondary N) is 1. The van der Waals surface area contributed by atoms with Crippen LogP contribution in [0.25, 0.3) is 10.9 Å². The average molecular weight is 464 g/mol. The van der Waals surface area contributed by atoms with Crippen molar-refractivity contribution in [3.63, 3.8) is 0 Å². The number of fused-ring (bicyclic) bond motifs is 5. The van der Waals surface area contributed by atoms with Gasteiger partial charge >= 0.3 is 0 Å². The van der Waals surface area contributed by atoms with Crippen LogP contribution in [0.15, 0.2) is 41.2 Å². The molecule has 4 atom stereocenters. The van der Waals surface area contributed by atoms with Gasteiger partial charge in [-0.05, 0) is 61.4 Å². The number of rotatable bonds is 5. The van der Waals surface area contributed by atoms with E-state index in [1.54, 1.807) is 21.3 Å². The van der Waals surface area contributed by atoms with Crippen molar-refractivity contribution < 1.29 is 18.9 Å². The van der Waals surface area contributed by atoms with Gasteiger partial charge in [-0.15, -0.1) is 0 Å². The van der Waals surface area contributed by atoms with Gasteiger partial charge in [-0.25, -0.2) is 0 Å². The van der Waals surface area contributed by atoms with E-state index in [-0.39, 0.29) is 23.3 Å². The molecule has 5 rings (SSSR count). The van der Waals surface area contributed by atoms with Crippen LogP contribution >= 0.6 is 0 Å². The molecular formula is C28H33NO5. The number of pyridine rings is 1. The second-order valence-corrected chi connectivity index (χ2v) is 10.3. The second kappa shape index (κ2) is 7.97. The number of aromatic amines is 1. The van der Waals surface area contributed by atoms with Crippen molar-refractivity contribution in [3.8, 4) is 23.0 Å². The van der Waals surface area contributed by atoms with E-state index in [1.807, 2.05) is 36.4 Å². The maximum Gasteiger partial charge on any atom is 0.255 e. The highest BCUT2D eigenvalue weighted by Crippen LogP contribution is 2.67. The van der Waals surface area contributed by atoms with Gasteiger partial charge in [0.2, 0.25) is 5.75 Å². The van der Waals surface area contributed by atoms with Crippen LogP contribution in [0.5, 0.6) is 23.0 Å². The fourth-order valence-corrected chi connectivity index (χ4v) is 6.56. The summed E-state index contributed by atoms with van der Waals surface area (Å²) < 4.78 is 23.5. The average Bonchev–Trinajstić information content (AvgIpc) is 2.78. The lowest BCUT2D eigenvalue weighted by Gasteiger charge is -2.62. The van der Waals surface area contributed by atoms with E-state index < -0.39 is 5.60 Å². The zero-order chi connectivity index (χ0) is 24.4. The molecule has 1 saturated carbocycles. The molecule has 0 unspecified atom stereocenters. The fourth-order valence-electron chi connectivity index (χ4n) is 6.56. The molecule has 2 aromatic carbocycles. The lowest BCUT2D eigenvalue weighted by atomic mass is 9.45. The van der Waals surface area contributed by atoms with Gasteiger partial charge < -0.3 is 23.9 Å². The Balaban J connectivity index is 1.76. The second-order valence-electron chi connectivity index (χ2n) is 10.3. The van der Waals surface area contributed by atoms with E-state index in [0.29, 0.717) is 34.8 Å². The minimum atomic E-state index is -0.416. The summed E-state index contributed by atoms with van der Waals surface area (Å²) in [6.07, 6.45) is 0.